The molecular weight excluding hydrogens is 356 g/mol. The van der Waals surface area contributed by atoms with Crippen molar-refractivity contribution in [1.29, 1.82) is 0 Å². The van der Waals surface area contributed by atoms with E-state index in [9.17, 15) is 0 Å². The van der Waals surface area contributed by atoms with Crippen LogP contribution in [0.2, 0.25) is 0 Å². The van der Waals surface area contributed by atoms with E-state index in [4.69, 9.17) is 14.8 Å². The summed E-state index contributed by atoms with van der Waals surface area (Å²) in [6.07, 6.45) is 1.93. The van der Waals surface area contributed by atoms with Gasteiger partial charge in [-0.1, -0.05) is 29.5 Å². The van der Waals surface area contributed by atoms with Crippen LogP contribution in [-0.4, -0.2) is 26.7 Å². The van der Waals surface area contributed by atoms with Gasteiger partial charge in [0, 0.05) is 27.9 Å². The first-order valence-corrected chi connectivity index (χ1v) is 9.54. The van der Waals surface area contributed by atoms with Gasteiger partial charge >= 0.3 is 0 Å². The molecular formula is C21H18N4OS. The minimum absolute atomic E-state index is 0.825. The Morgan fingerprint density at radius 1 is 1.04 bits per heavy atom. The predicted octanol–water partition coefficient (Wildman–Crippen LogP) is 5.14. The maximum absolute atomic E-state index is 5.34. The van der Waals surface area contributed by atoms with Crippen molar-refractivity contribution < 1.29 is 4.74 Å². The van der Waals surface area contributed by atoms with Crippen LogP contribution in [0.25, 0.3) is 27.6 Å². The van der Waals surface area contributed by atoms with Crippen molar-refractivity contribution in [2.24, 2.45) is 0 Å². The average Bonchev–Trinajstić information content (AvgIpc) is 3.20. The van der Waals surface area contributed by atoms with Crippen molar-refractivity contribution in [3.8, 4) is 5.75 Å². The first-order valence-electron chi connectivity index (χ1n) is 8.72. The Balaban J connectivity index is 1.71. The Labute approximate surface area is 160 Å². The van der Waals surface area contributed by atoms with E-state index in [0.29, 0.717) is 0 Å². The quantitative estimate of drug-likeness (QED) is 0.475. The van der Waals surface area contributed by atoms with Crippen molar-refractivity contribution in [3.05, 3.63) is 59.9 Å². The number of ether oxygens (including phenoxy) is 1. The highest BCUT2D eigenvalue weighted by Gasteiger charge is 2.16. The second kappa shape index (κ2) is 6.03. The molecule has 6 heteroatoms. The van der Waals surface area contributed by atoms with Gasteiger partial charge in [0.2, 0.25) is 0 Å². The van der Waals surface area contributed by atoms with Gasteiger partial charge in [0.25, 0.3) is 0 Å². The molecule has 0 fully saturated rings. The molecule has 0 saturated carbocycles. The Hall–Kier alpha value is -2.99. The van der Waals surface area contributed by atoms with Crippen LogP contribution in [0.15, 0.2) is 58.5 Å². The lowest BCUT2D eigenvalue weighted by atomic mass is 10.2. The smallest absolute Gasteiger partial charge is 0.171 e. The summed E-state index contributed by atoms with van der Waals surface area (Å²) in [4.78, 5) is 10.5. The van der Waals surface area contributed by atoms with E-state index in [1.54, 1.807) is 18.9 Å². The lowest BCUT2D eigenvalue weighted by Crippen LogP contribution is -1.92. The third kappa shape index (κ3) is 2.56. The molecule has 134 valence electrons. The van der Waals surface area contributed by atoms with Crippen LogP contribution >= 0.6 is 11.8 Å². The SMILES string of the molecule is COc1ccc2c(c1)[nH]c1c2cnc2c(Sc3ccc(C)cc3)c(C)nn21. The first kappa shape index (κ1) is 16.2. The minimum atomic E-state index is 0.825. The van der Waals surface area contributed by atoms with Gasteiger partial charge in [0.05, 0.1) is 23.2 Å². The fourth-order valence-corrected chi connectivity index (χ4v) is 4.27. The highest BCUT2D eigenvalue weighted by Crippen LogP contribution is 2.35. The zero-order valence-corrected chi connectivity index (χ0v) is 16.1. The fraction of sp³-hybridized carbons (Fsp3) is 0.143. The number of rotatable bonds is 3. The number of methoxy groups -OCH3 is 1. The molecule has 0 bridgehead atoms. The molecule has 0 amide bonds. The molecule has 3 aromatic heterocycles. The number of hydrogen-bond acceptors (Lipinski definition) is 4. The number of aromatic nitrogens is 4. The largest absolute Gasteiger partial charge is 0.497 e. The van der Waals surface area contributed by atoms with Gasteiger partial charge in [-0.3, -0.25) is 0 Å². The Kier molecular flexibility index (Phi) is 3.62. The van der Waals surface area contributed by atoms with Gasteiger partial charge in [-0.05, 0) is 38.1 Å². The molecule has 5 aromatic rings. The molecule has 0 spiro atoms. The first-order chi connectivity index (χ1) is 13.1. The molecule has 5 rings (SSSR count). The standard InChI is InChI=1S/C21H18N4OS/c1-12-4-7-15(8-5-12)27-19-13(2)24-25-20-17(11-22-21(19)25)16-9-6-14(26-3)10-18(16)23-20/h4-11,23H,1-3H3. The van der Waals surface area contributed by atoms with Crippen molar-refractivity contribution >= 4 is 39.3 Å². The Morgan fingerprint density at radius 3 is 2.63 bits per heavy atom. The van der Waals surface area contributed by atoms with Gasteiger partial charge in [-0.25, -0.2) is 4.98 Å². The van der Waals surface area contributed by atoms with Crippen LogP contribution in [0.5, 0.6) is 5.75 Å². The number of aryl methyl sites for hydroxylation is 2. The summed E-state index contributed by atoms with van der Waals surface area (Å²) in [5.41, 5.74) is 5.05. The number of fused-ring (bicyclic) bond motifs is 5. The number of hydrogen-bond donors (Lipinski definition) is 1. The van der Waals surface area contributed by atoms with Gasteiger partial charge in [0.15, 0.2) is 5.65 Å². The van der Waals surface area contributed by atoms with Crippen LogP contribution in [0.1, 0.15) is 11.3 Å². The van der Waals surface area contributed by atoms with Crippen molar-refractivity contribution in [2.45, 2.75) is 23.6 Å². The molecule has 0 aliphatic carbocycles. The van der Waals surface area contributed by atoms with E-state index in [2.05, 4.69) is 42.2 Å². The Morgan fingerprint density at radius 2 is 1.85 bits per heavy atom. The highest BCUT2D eigenvalue weighted by atomic mass is 32.2. The van der Waals surface area contributed by atoms with Gasteiger partial charge in [-0.15, -0.1) is 0 Å². The molecule has 27 heavy (non-hydrogen) atoms. The third-order valence-corrected chi connectivity index (χ3v) is 5.97. The molecule has 3 heterocycles. The lowest BCUT2D eigenvalue weighted by molar-refractivity contribution is 0.415. The summed E-state index contributed by atoms with van der Waals surface area (Å²) in [7, 11) is 1.68. The Bertz CT molecular complexity index is 1300. The summed E-state index contributed by atoms with van der Waals surface area (Å²) in [6, 6.07) is 14.5. The molecule has 0 aliphatic heterocycles. The second-order valence-electron chi connectivity index (χ2n) is 6.62. The maximum Gasteiger partial charge on any atom is 0.171 e. The molecule has 0 saturated heterocycles. The lowest BCUT2D eigenvalue weighted by Gasteiger charge is -2.01. The fourth-order valence-electron chi connectivity index (χ4n) is 3.35. The number of benzene rings is 2. The normalized spacial score (nSPS) is 11.7. The topological polar surface area (TPSA) is 55.2 Å². The summed E-state index contributed by atoms with van der Waals surface area (Å²) in [5, 5.41) is 6.93. The monoisotopic (exact) mass is 374 g/mol. The van der Waals surface area contributed by atoms with Crippen LogP contribution in [0.4, 0.5) is 0 Å². The van der Waals surface area contributed by atoms with E-state index in [1.807, 2.05) is 29.8 Å². The molecule has 5 nitrogen and oxygen atoms in total. The van der Waals surface area contributed by atoms with E-state index in [0.717, 1.165) is 43.9 Å². The predicted molar refractivity (Wildman–Crippen MR) is 109 cm³/mol. The van der Waals surface area contributed by atoms with Gasteiger partial charge in [0.1, 0.15) is 11.4 Å². The van der Waals surface area contributed by atoms with E-state index < -0.39 is 0 Å². The molecule has 0 aliphatic rings. The van der Waals surface area contributed by atoms with Crippen LogP contribution in [0, 0.1) is 13.8 Å². The number of H-pyrrole nitrogens is 1. The molecule has 0 atom stereocenters. The summed E-state index contributed by atoms with van der Waals surface area (Å²) < 4.78 is 7.25. The van der Waals surface area contributed by atoms with Crippen LogP contribution in [-0.2, 0) is 0 Å². The average molecular weight is 374 g/mol. The van der Waals surface area contributed by atoms with Crippen LogP contribution in [0.3, 0.4) is 0 Å². The highest BCUT2D eigenvalue weighted by molar-refractivity contribution is 7.99. The molecule has 0 radical (unpaired) electrons. The van der Waals surface area contributed by atoms with E-state index >= 15 is 0 Å². The zero-order valence-electron chi connectivity index (χ0n) is 15.3. The molecule has 2 aromatic carbocycles. The van der Waals surface area contributed by atoms with Crippen molar-refractivity contribution in [2.75, 3.05) is 7.11 Å². The summed E-state index contributed by atoms with van der Waals surface area (Å²) in [5.74, 6) is 0.825. The van der Waals surface area contributed by atoms with E-state index in [1.165, 1.54) is 10.5 Å². The maximum atomic E-state index is 5.34. The zero-order chi connectivity index (χ0) is 18.5. The third-order valence-electron chi connectivity index (χ3n) is 4.78. The van der Waals surface area contributed by atoms with Crippen molar-refractivity contribution in [1.82, 2.24) is 19.6 Å². The van der Waals surface area contributed by atoms with Gasteiger partial charge < -0.3 is 9.72 Å². The minimum Gasteiger partial charge on any atom is -0.497 e. The van der Waals surface area contributed by atoms with Gasteiger partial charge in [-0.2, -0.15) is 9.61 Å². The number of nitrogens with zero attached hydrogens (tertiary/aromatic N) is 3. The molecule has 0 unspecified atom stereocenters. The number of nitrogens with one attached hydrogen (secondary N) is 1. The summed E-state index contributed by atoms with van der Waals surface area (Å²) in [6.45, 7) is 4.13. The number of aromatic amines is 1. The van der Waals surface area contributed by atoms with Crippen molar-refractivity contribution in [3.63, 3.8) is 0 Å². The summed E-state index contributed by atoms with van der Waals surface area (Å²) >= 11 is 1.70. The van der Waals surface area contributed by atoms with E-state index in [-0.39, 0.29) is 0 Å². The van der Waals surface area contributed by atoms with Crippen LogP contribution < -0.4 is 4.74 Å². The second-order valence-corrected chi connectivity index (χ2v) is 7.71. The molecule has 1 N–H and O–H groups in total.